The van der Waals surface area contributed by atoms with E-state index in [9.17, 15) is 4.79 Å². The monoisotopic (exact) mass is 280 g/mol. The minimum Gasteiger partial charge on any atom is -0.324 e. The molecule has 1 atom stereocenters. The van der Waals surface area contributed by atoms with Gasteiger partial charge in [-0.2, -0.15) is 0 Å². The number of carbonyl (C=O) groups excluding carboxylic acids is 1. The first-order valence-corrected chi connectivity index (χ1v) is 7.12. The molecule has 1 saturated heterocycles. The Morgan fingerprint density at radius 3 is 2.74 bits per heavy atom. The molecule has 1 heterocycles. The van der Waals surface area contributed by atoms with E-state index in [1.165, 1.54) is 0 Å². The van der Waals surface area contributed by atoms with E-state index in [4.69, 9.17) is 11.6 Å². The van der Waals surface area contributed by atoms with Gasteiger partial charge < -0.3 is 10.6 Å². The third-order valence-electron chi connectivity index (χ3n) is 4.21. The van der Waals surface area contributed by atoms with Gasteiger partial charge in [-0.25, -0.2) is 0 Å². The van der Waals surface area contributed by atoms with Crippen LogP contribution in [0.2, 0.25) is 5.02 Å². The SMILES string of the molecule is Cc1cccc(Cl)c1NC(=O)C1(C(C)C)CCNC1. The second-order valence-corrected chi connectivity index (χ2v) is 6.03. The lowest BCUT2D eigenvalue weighted by atomic mass is 9.75. The number of hydrogen-bond donors (Lipinski definition) is 2. The lowest BCUT2D eigenvalue weighted by Gasteiger charge is -2.31. The van der Waals surface area contributed by atoms with Crippen LogP contribution in [0.3, 0.4) is 0 Å². The summed E-state index contributed by atoms with van der Waals surface area (Å²) in [5, 5.41) is 6.92. The van der Waals surface area contributed by atoms with E-state index < -0.39 is 0 Å². The van der Waals surface area contributed by atoms with Gasteiger partial charge >= 0.3 is 0 Å². The van der Waals surface area contributed by atoms with Gasteiger partial charge in [-0.1, -0.05) is 37.6 Å². The van der Waals surface area contributed by atoms with E-state index in [0.717, 1.165) is 30.8 Å². The maximum absolute atomic E-state index is 12.7. The summed E-state index contributed by atoms with van der Waals surface area (Å²) in [4.78, 5) is 12.7. The number of para-hydroxylation sites is 1. The van der Waals surface area contributed by atoms with Crippen molar-refractivity contribution in [1.82, 2.24) is 5.32 Å². The number of hydrogen-bond acceptors (Lipinski definition) is 2. The van der Waals surface area contributed by atoms with Crippen LogP contribution < -0.4 is 10.6 Å². The molecule has 1 aliphatic rings. The van der Waals surface area contributed by atoms with E-state index >= 15 is 0 Å². The number of benzene rings is 1. The van der Waals surface area contributed by atoms with E-state index in [-0.39, 0.29) is 11.3 Å². The number of halogens is 1. The normalized spacial score (nSPS) is 22.8. The maximum Gasteiger partial charge on any atom is 0.232 e. The van der Waals surface area contributed by atoms with Gasteiger partial charge in [-0.15, -0.1) is 0 Å². The van der Waals surface area contributed by atoms with Crippen molar-refractivity contribution in [3.8, 4) is 0 Å². The molecule has 0 aromatic heterocycles. The number of anilines is 1. The third kappa shape index (κ3) is 2.63. The molecular formula is C15H21ClN2O. The highest BCUT2D eigenvalue weighted by molar-refractivity contribution is 6.34. The fraction of sp³-hybridized carbons (Fsp3) is 0.533. The molecular weight excluding hydrogens is 260 g/mol. The number of rotatable bonds is 3. The summed E-state index contributed by atoms with van der Waals surface area (Å²) in [6.45, 7) is 7.79. The summed E-state index contributed by atoms with van der Waals surface area (Å²) in [5.41, 5.74) is 1.40. The molecule has 19 heavy (non-hydrogen) atoms. The van der Waals surface area contributed by atoms with E-state index in [0.29, 0.717) is 10.9 Å². The van der Waals surface area contributed by atoms with E-state index in [2.05, 4.69) is 24.5 Å². The number of nitrogens with one attached hydrogen (secondary N) is 2. The molecule has 2 rings (SSSR count). The molecule has 1 amide bonds. The first-order valence-electron chi connectivity index (χ1n) is 6.74. The molecule has 3 nitrogen and oxygen atoms in total. The average molecular weight is 281 g/mol. The smallest absolute Gasteiger partial charge is 0.232 e. The standard InChI is InChI=1S/C15H21ClN2O/c1-10(2)15(7-8-17-9-15)14(19)18-13-11(3)5-4-6-12(13)16/h4-6,10,17H,7-9H2,1-3H3,(H,18,19). The van der Waals surface area contributed by atoms with Gasteiger partial charge in [0.2, 0.25) is 5.91 Å². The molecule has 1 aromatic rings. The summed E-state index contributed by atoms with van der Waals surface area (Å²) in [5.74, 6) is 0.369. The Morgan fingerprint density at radius 2 is 2.21 bits per heavy atom. The molecule has 1 aromatic carbocycles. The zero-order chi connectivity index (χ0) is 14.0. The van der Waals surface area contributed by atoms with Gasteiger partial charge in [0.25, 0.3) is 0 Å². The van der Waals surface area contributed by atoms with Crippen molar-refractivity contribution in [2.24, 2.45) is 11.3 Å². The molecule has 1 unspecified atom stereocenters. The highest BCUT2D eigenvalue weighted by Crippen LogP contribution is 2.36. The van der Waals surface area contributed by atoms with Crippen LogP contribution in [0.4, 0.5) is 5.69 Å². The lowest BCUT2D eigenvalue weighted by molar-refractivity contribution is -0.126. The van der Waals surface area contributed by atoms with Gasteiger partial charge in [0.05, 0.1) is 16.1 Å². The fourth-order valence-corrected chi connectivity index (χ4v) is 2.96. The molecule has 0 bridgehead atoms. The van der Waals surface area contributed by atoms with E-state index in [1.807, 2.05) is 19.1 Å². The molecule has 0 aliphatic carbocycles. The minimum absolute atomic E-state index is 0.0729. The molecule has 0 radical (unpaired) electrons. The van der Waals surface area contributed by atoms with Crippen LogP contribution in [0.25, 0.3) is 0 Å². The Balaban J connectivity index is 2.25. The zero-order valence-corrected chi connectivity index (χ0v) is 12.5. The summed E-state index contributed by atoms with van der Waals surface area (Å²) in [7, 11) is 0. The number of amides is 1. The highest BCUT2D eigenvalue weighted by atomic mass is 35.5. The molecule has 2 N–H and O–H groups in total. The molecule has 0 saturated carbocycles. The van der Waals surface area contributed by atoms with Gasteiger partial charge in [-0.05, 0) is 37.4 Å². The van der Waals surface area contributed by atoms with Crippen molar-refractivity contribution in [2.45, 2.75) is 27.2 Å². The van der Waals surface area contributed by atoms with Crippen LogP contribution in [0.15, 0.2) is 18.2 Å². The Bertz CT molecular complexity index is 459. The van der Waals surface area contributed by atoms with Crippen LogP contribution in [-0.2, 0) is 4.79 Å². The van der Waals surface area contributed by atoms with Crippen molar-refractivity contribution in [3.05, 3.63) is 28.8 Å². The van der Waals surface area contributed by atoms with E-state index in [1.54, 1.807) is 6.07 Å². The minimum atomic E-state index is -0.328. The Labute approximate surface area is 119 Å². The summed E-state index contributed by atoms with van der Waals surface area (Å²) < 4.78 is 0. The molecule has 4 heteroatoms. The third-order valence-corrected chi connectivity index (χ3v) is 4.52. The largest absolute Gasteiger partial charge is 0.324 e. The van der Waals surface area contributed by atoms with Crippen LogP contribution in [0.1, 0.15) is 25.8 Å². The van der Waals surface area contributed by atoms with Gasteiger partial charge in [0.15, 0.2) is 0 Å². The predicted octanol–water partition coefficient (Wildman–Crippen LogP) is 3.22. The van der Waals surface area contributed by atoms with Crippen LogP contribution in [0.5, 0.6) is 0 Å². The number of carbonyl (C=O) groups is 1. The second kappa shape index (κ2) is 5.51. The average Bonchev–Trinajstić information content (AvgIpc) is 2.84. The quantitative estimate of drug-likeness (QED) is 0.893. The molecule has 1 aliphatic heterocycles. The molecule has 0 spiro atoms. The van der Waals surface area contributed by atoms with Crippen LogP contribution >= 0.6 is 11.6 Å². The van der Waals surface area contributed by atoms with Gasteiger partial charge in [-0.3, -0.25) is 4.79 Å². The van der Waals surface area contributed by atoms with Crippen molar-refractivity contribution in [1.29, 1.82) is 0 Å². The first-order chi connectivity index (χ1) is 8.97. The van der Waals surface area contributed by atoms with Crippen molar-refractivity contribution in [2.75, 3.05) is 18.4 Å². The first kappa shape index (κ1) is 14.4. The van der Waals surface area contributed by atoms with Crippen molar-refractivity contribution >= 4 is 23.2 Å². The lowest BCUT2D eigenvalue weighted by Crippen LogP contribution is -2.42. The maximum atomic E-state index is 12.7. The highest BCUT2D eigenvalue weighted by Gasteiger charge is 2.44. The van der Waals surface area contributed by atoms with Crippen LogP contribution in [0, 0.1) is 18.3 Å². The van der Waals surface area contributed by atoms with Crippen LogP contribution in [-0.4, -0.2) is 19.0 Å². The Hall–Kier alpha value is -1.06. The molecule has 104 valence electrons. The van der Waals surface area contributed by atoms with Gasteiger partial charge in [0.1, 0.15) is 0 Å². The van der Waals surface area contributed by atoms with Crippen molar-refractivity contribution in [3.63, 3.8) is 0 Å². The Kier molecular flexibility index (Phi) is 4.16. The summed E-state index contributed by atoms with van der Waals surface area (Å²) in [6.07, 6.45) is 0.875. The topological polar surface area (TPSA) is 41.1 Å². The fourth-order valence-electron chi connectivity index (χ4n) is 2.69. The van der Waals surface area contributed by atoms with Crippen molar-refractivity contribution < 1.29 is 4.79 Å². The Morgan fingerprint density at radius 1 is 1.47 bits per heavy atom. The molecule has 1 fully saturated rings. The second-order valence-electron chi connectivity index (χ2n) is 5.62. The predicted molar refractivity (Wildman–Crippen MR) is 79.6 cm³/mol. The summed E-state index contributed by atoms with van der Waals surface area (Å²) in [6, 6.07) is 5.65. The zero-order valence-electron chi connectivity index (χ0n) is 11.7. The van der Waals surface area contributed by atoms with Gasteiger partial charge in [0, 0.05) is 6.54 Å². The summed E-state index contributed by atoms with van der Waals surface area (Å²) >= 11 is 6.17. The number of aryl methyl sites for hydroxylation is 1.